The number of halogens is 1. The highest BCUT2D eigenvalue weighted by Gasteiger charge is 2.41. The van der Waals surface area contributed by atoms with Crippen molar-refractivity contribution in [3.8, 4) is 11.5 Å². The highest BCUT2D eigenvalue weighted by Crippen LogP contribution is 2.51. The number of nitrogens with one attached hydrogen (secondary N) is 1. The summed E-state index contributed by atoms with van der Waals surface area (Å²) in [7, 11) is 1.67. The van der Waals surface area contributed by atoms with Gasteiger partial charge in [-0.2, -0.15) is 10.1 Å². The molecule has 170 valence electrons. The molecular formula is C26H21BrN4O2S. The van der Waals surface area contributed by atoms with E-state index in [9.17, 15) is 0 Å². The zero-order valence-corrected chi connectivity index (χ0v) is 20.9. The molecule has 0 amide bonds. The number of anilines is 1. The van der Waals surface area contributed by atoms with Crippen molar-refractivity contribution in [2.75, 3.05) is 18.7 Å². The molecule has 3 heterocycles. The standard InChI is InChI=1S/C26H21BrN4O2S/c1-32-21-12-9-16(13-19(21)27)24-22-23(30-26-28-14-29-31(24)26)18-5-3-4-6-20(18)33-25(22)15-7-10-17(34-2)11-8-15/h3-14,24-25H,1-2H3,(H,28,29,30)/t24-,25+/m1/s1. The molecule has 4 aromatic rings. The number of fused-ring (bicyclic) bond motifs is 3. The number of ether oxygens (including phenoxy) is 2. The minimum absolute atomic E-state index is 0.213. The fraction of sp³-hybridized carbons (Fsp3) is 0.154. The van der Waals surface area contributed by atoms with Crippen LogP contribution in [0.25, 0.3) is 5.70 Å². The van der Waals surface area contributed by atoms with Gasteiger partial charge in [-0.3, -0.25) is 0 Å². The van der Waals surface area contributed by atoms with Crippen LogP contribution in [0, 0.1) is 0 Å². The third kappa shape index (κ3) is 3.40. The third-order valence-corrected chi connectivity index (χ3v) is 7.59. The highest BCUT2D eigenvalue weighted by molar-refractivity contribution is 9.10. The Kier molecular flexibility index (Phi) is 5.34. The van der Waals surface area contributed by atoms with Crippen LogP contribution in [0.15, 0.2) is 88.0 Å². The smallest absolute Gasteiger partial charge is 0.226 e. The summed E-state index contributed by atoms with van der Waals surface area (Å²) in [5, 5.41) is 8.14. The van der Waals surface area contributed by atoms with Gasteiger partial charge in [0, 0.05) is 16.0 Å². The molecule has 0 unspecified atom stereocenters. The molecule has 0 fully saturated rings. The van der Waals surface area contributed by atoms with Gasteiger partial charge in [0.2, 0.25) is 5.95 Å². The monoisotopic (exact) mass is 532 g/mol. The van der Waals surface area contributed by atoms with Crippen LogP contribution in [-0.2, 0) is 0 Å². The van der Waals surface area contributed by atoms with Gasteiger partial charge in [-0.15, -0.1) is 11.8 Å². The van der Waals surface area contributed by atoms with E-state index in [-0.39, 0.29) is 12.1 Å². The van der Waals surface area contributed by atoms with E-state index in [4.69, 9.17) is 9.47 Å². The van der Waals surface area contributed by atoms with Gasteiger partial charge in [0.1, 0.15) is 30.0 Å². The lowest BCUT2D eigenvalue weighted by Crippen LogP contribution is -2.32. The van der Waals surface area contributed by atoms with E-state index in [0.29, 0.717) is 5.95 Å². The first kappa shape index (κ1) is 21.3. The van der Waals surface area contributed by atoms with E-state index in [2.05, 4.69) is 80.0 Å². The van der Waals surface area contributed by atoms with Crippen molar-refractivity contribution >= 4 is 39.3 Å². The normalized spacial score (nSPS) is 18.3. The maximum Gasteiger partial charge on any atom is 0.226 e. The third-order valence-electron chi connectivity index (χ3n) is 6.23. The van der Waals surface area contributed by atoms with E-state index in [0.717, 1.165) is 43.9 Å². The molecule has 0 radical (unpaired) electrons. The van der Waals surface area contributed by atoms with E-state index < -0.39 is 0 Å². The van der Waals surface area contributed by atoms with Gasteiger partial charge in [-0.05, 0) is 69.7 Å². The maximum atomic E-state index is 6.68. The summed E-state index contributed by atoms with van der Waals surface area (Å²) in [5.74, 6) is 2.32. The average Bonchev–Trinajstić information content (AvgIpc) is 3.35. The molecule has 34 heavy (non-hydrogen) atoms. The number of hydrogen-bond donors (Lipinski definition) is 1. The van der Waals surface area contributed by atoms with E-state index >= 15 is 0 Å². The summed E-state index contributed by atoms with van der Waals surface area (Å²) in [6.45, 7) is 0. The molecule has 8 heteroatoms. The van der Waals surface area contributed by atoms with E-state index in [1.54, 1.807) is 25.2 Å². The zero-order valence-electron chi connectivity index (χ0n) is 18.5. The second-order valence-electron chi connectivity index (χ2n) is 8.05. The molecule has 1 aromatic heterocycles. The largest absolute Gasteiger partial charge is 0.496 e. The lowest BCUT2D eigenvalue weighted by Gasteiger charge is -2.39. The van der Waals surface area contributed by atoms with Crippen molar-refractivity contribution in [2.24, 2.45) is 0 Å². The van der Waals surface area contributed by atoms with Crippen LogP contribution in [0.3, 0.4) is 0 Å². The molecule has 3 aromatic carbocycles. The van der Waals surface area contributed by atoms with Gasteiger partial charge in [0.25, 0.3) is 0 Å². The first-order valence-electron chi connectivity index (χ1n) is 10.8. The van der Waals surface area contributed by atoms with Crippen molar-refractivity contribution in [1.82, 2.24) is 14.8 Å². The van der Waals surface area contributed by atoms with Crippen LogP contribution >= 0.6 is 27.7 Å². The Bertz CT molecular complexity index is 1420. The summed E-state index contributed by atoms with van der Waals surface area (Å²) < 4.78 is 15.0. The number of aromatic nitrogens is 3. The van der Waals surface area contributed by atoms with Gasteiger partial charge < -0.3 is 14.8 Å². The molecule has 0 spiro atoms. The van der Waals surface area contributed by atoms with Gasteiger partial charge in [-0.25, -0.2) is 4.68 Å². The average molecular weight is 533 g/mol. The molecule has 2 aliphatic heterocycles. The van der Waals surface area contributed by atoms with Crippen LogP contribution in [-0.4, -0.2) is 28.1 Å². The number of rotatable bonds is 4. The molecule has 2 atom stereocenters. The maximum absolute atomic E-state index is 6.68. The molecular weight excluding hydrogens is 512 g/mol. The summed E-state index contributed by atoms with van der Waals surface area (Å²) in [4.78, 5) is 5.71. The topological polar surface area (TPSA) is 61.2 Å². The molecule has 6 nitrogen and oxygen atoms in total. The molecule has 0 bridgehead atoms. The lowest BCUT2D eigenvalue weighted by atomic mass is 9.84. The van der Waals surface area contributed by atoms with E-state index in [1.165, 1.54) is 4.90 Å². The molecule has 1 N–H and O–H groups in total. The molecule has 0 saturated carbocycles. The van der Waals surface area contributed by atoms with Crippen LogP contribution in [0.2, 0.25) is 0 Å². The number of hydrogen-bond acceptors (Lipinski definition) is 6. The predicted molar refractivity (Wildman–Crippen MR) is 137 cm³/mol. The van der Waals surface area contributed by atoms with Gasteiger partial charge in [-0.1, -0.05) is 30.3 Å². The highest BCUT2D eigenvalue weighted by atomic mass is 79.9. The van der Waals surface area contributed by atoms with Crippen LogP contribution < -0.4 is 14.8 Å². The number of nitrogens with zero attached hydrogens (tertiary/aromatic N) is 3. The minimum atomic E-state index is -0.295. The Hall–Kier alpha value is -3.23. The number of methoxy groups -OCH3 is 1. The molecule has 0 saturated heterocycles. The van der Waals surface area contributed by atoms with Gasteiger partial charge in [0.05, 0.1) is 17.3 Å². The van der Waals surface area contributed by atoms with Crippen molar-refractivity contribution < 1.29 is 9.47 Å². The molecule has 6 rings (SSSR count). The van der Waals surface area contributed by atoms with Gasteiger partial charge >= 0.3 is 0 Å². The second kappa shape index (κ2) is 8.52. The zero-order chi connectivity index (χ0) is 23.2. The van der Waals surface area contributed by atoms with Gasteiger partial charge in [0.15, 0.2) is 0 Å². The Morgan fingerprint density at radius 3 is 2.62 bits per heavy atom. The number of para-hydroxylation sites is 1. The second-order valence-corrected chi connectivity index (χ2v) is 9.78. The first-order chi connectivity index (χ1) is 16.7. The van der Waals surface area contributed by atoms with Crippen LogP contribution in [0.5, 0.6) is 11.5 Å². The fourth-order valence-corrected chi connectivity index (χ4v) is 5.61. The summed E-state index contributed by atoms with van der Waals surface area (Å²) >= 11 is 5.38. The van der Waals surface area contributed by atoms with E-state index in [1.807, 2.05) is 28.9 Å². The number of thioether (sulfide) groups is 1. The van der Waals surface area contributed by atoms with Crippen molar-refractivity contribution in [3.05, 3.63) is 99.8 Å². The SMILES string of the molecule is COc1ccc([C@@H]2C3=C(Nc4ncnn42)c2ccccc2O[C@H]3c2ccc(SC)cc2)cc1Br. The first-order valence-corrected chi connectivity index (χ1v) is 12.8. The predicted octanol–water partition coefficient (Wildman–Crippen LogP) is 6.33. The lowest BCUT2D eigenvalue weighted by molar-refractivity contribution is 0.223. The summed E-state index contributed by atoms with van der Waals surface area (Å²) in [6, 6.07) is 22.6. The quantitative estimate of drug-likeness (QED) is 0.310. The van der Waals surface area contributed by atoms with Crippen molar-refractivity contribution in [2.45, 2.75) is 17.0 Å². The Labute approximate surface area is 210 Å². The Morgan fingerprint density at radius 2 is 1.85 bits per heavy atom. The van der Waals surface area contributed by atoms with Crippen LogP contribution in [0.1, 0.15) is 28.8 Å². The summed E-state index contributed by atoms with van der Waals surface area (Å²) in [5.41, 5.74) is 5.26. The Morgan fingerprint density at radius 1 is 1.06 bits per heavy atom. The fourth-order valence-electron chi connectivity index (χ4n) is 4.64. The number of benzene rings is 3. The minimum Gasteiger partial charge on any atom is -0.496 e. The van der Waals surface area contributed by atoms with Crippen molar-refractivity contribution in [3.63, 3.8) is 0 Å². The Balaban J connectivity index is 1.59. The van der Waals surface area contributed by atoms with Crippen LogP contribution in [0.4, 0.5) is 5.95 Å². The van der Waals surface area contributed by atoms with Crippen molar-refractivity contribution in [1.29, 1.82) is 0 Å². The summed E-state index contributed by atoms with van der Waals surface area (Å²) in [6.07, 6.45) is 3.37. The molecule has 0 aliphatic carbocycles. The molecule has 2 aliphatic rings.